The second kappa shape index (κ2) is 6.58. The number of nitrogens with zero attached hydrogens (tertiary/aromatic N) is 1. The minimum atomic E-state index is -0.0641. The zero-order valence-corrected chi connectivity index (χ0v) is 14.3. The van der Waals surface area contributed by atoms with E-state index in [1.165, 1.54) is 0 Å². The van der Waals surface area contributed by atoms with Crippen LogP contribution in [0, 0.1) is 0 Å². The molecule has 0 saturated carbocycles. The van der Waals surface area contributed by atoms with Gasteiger partial charge in [0.2, 0.25) is 0 Å². The van der Waals surface area contributed by atoms with Gasteiger partial charge in [-0.15, -0.1) is 0 Å². The minimum Gasteiger partial charge on any atom is -0.303 e. The van der Waals surface area contributed by atoms with Gasteiger partial charge >= 0.3 is 0 Å². The van der Waals surface area contributed by atoms with Crippen LogP contribution in [-0.4, -0.2) is 4.57 Å². The summed E-state index contributed by atoms with van der Waals surface area (Å²) in [5.41, 5.74) is 2.92. The van der Waals surface area contributed by atoms with Crippen LogP contribution in [0.2, 0.25) is 5.02 Å². The van der Waals surface area contributed by atoms with E-state index in [1.807, 2.05) is 78.9 Å². The Kier molecular flexibility index (Phi) is 4.12. The zero-order valence-electron chi connectivity index (χ0n) is 13.5. The first-order valence-corrected chi connectivity index (χ1v) is 8.53. The largest absolute Gasteiger partial charge is 0.303 e. The van der Waals surface area contributed by atoms with E-state index in [2.05, 4.69) is 0 Å². The van der Waals surface area contributed by atoms with Crippen LogP contribution in [0.15, 0.2) is 89.7 Å². The third kappa shape index (κ3) is 2.97. The third-order valence-corrected chi connectivity index (χ3v) is 4.66. The van der Waals surface area contributed by atoms with Crippen molar-refractivity contribution in [1.82, 2.24) is 4.57 Å². The molecule has 3 heteroatoms. The molecular weight excluding hydrogens is 330 g/mol. The number of halogens is 1. The first kappa shape index (κ1) is 15.7. The van der Waals surface area contributed by atoms with Crippen molar-refractivity contribution >= 4 is 22.4 Å². The quantitative estimate of drug-likeness (QED) is 0.489. The summed E-state index contributed by atoms with van der Waals surface area (Å²) in [6.45, 7) is 0.505. The van der Waals surface area contributed by atoms with Gasteiger partial charge in [0.1, 0.15) is 0 Å². The molecule has 0 bridgehead atoms. The Morgan fingerprint density at radius 1 is 0.800 bits per heavy atom. The van der Waals surface area contributed by atoms with E-state index in [1.54, 1.807) is 10.6 Å². The predicted octanol–water partition coefficient (Wildman–Crippen LogP) is 5.37. The van der Waals surface area contributed by atoms with E-state index in [0.29, 0.717) is 17.0 Å². The molecular formula is C22H16ClNO. The number of benzene rings is 3. The van der Waals surface area contributed by atoms with E-state index < -0.39 is 0 Å². The van der Waals surface area contributed by atoms with Gasteiger partial charge in [-0.3, -0.25) is 4.79 Å². The third-order valence-electron chi connectivity index (χ3n) is 4.34. The highest BCUT2D eigenvalue weighted by Crippen LogP contribution is 2.26. The summed E-state index contributed by atoms with van der Waals surface area (Å²) >= 11 is 6.32. The molecule has 0 radical (unpaired) electrons. The Labute approximate surface area is 150 Å². The Balaban J connectivity index is 2.02. The molecule has 0 amide bonds. The van der Waals surface area contributed by atoms with Crippen molar-refractivity contribution in [1.29, 1.82) is 0 Å². The van der Waals surface area contributed by atoms with Crippen molar-refractivity contribution < 1.29 is 0 Å². The number of fused-ring (bicyclic) bond motifs is 1. The first-order chi connectivity index (χ1) is 12.2. The Morgan fingerprint density at radius 2 is 1.48 bits per heavy atom. The molecule has 0 fully saturated rings. The zero-order chi connectivity index (χ0) is 17.2. The van der Waals surface area contributed by atoms with Crippen LogP contribution >= 0.6 is 11.6 Å². The molecule has 122 valence electrons. The second-order valence-corrected chi connectivity index (χ2v) is 6.38. The molecule has 0 aliphatic carbocycles. The molecule has 0 atom stereocenters. The Hall–Kier alpha value is -2.84. The maximum Gasteiger partial charge on any atom is 0.260 e. The predicted molar refractivity (Wildman–Crippen MR) is 104 cm³/mol. The average molecular weight is 346 g/mol. The topological polar surface area (TPSA) is 22.0 Å². The van der Waals surface area contributed by atoms with Crippen LogP contribution in [0.25, 0.3) is 22.0 Å². The number of rotatable bonds is 3. The highest BCUT2D eigenvalue weighted by atomic mass is 35.5. The molecule has 0 saturated heterocycles. The summed E-state index contributed by atoms with van der Waals surface area (Å²) in [5.74, 6) is 0. The molecule has 4 rings (SSSR count). The lowest BCUT2D eigenvalue weighted by Crippen LogP contribution is -2.23. The van der Waals surface area contributed by atoms with Crippen molar-refractivity contribution in [2.75, 3.05) is 0 Å². The molecule has 0 unspecified atom stereocenters. The number of hydrogen-bond acceptors (Lipinski definition) is 1. The van der Waals surface area contributed by atoms with Crippen molar-refractivity contribution in [3.63, 3.8) is 0 Å². The fraction of sp³-hybridized carbons (Fsp3) is 0.0455. The molecule has 0 aliphatic rings. The van der Waals surface area contributed by atoms with Crippen molar-refractivity contribution in [3.8, 4) is 11.3 Å². The molecule has 1 aromatic heterocycles. The van der Waals surface area contributed by atoms with Crippen molar-refractivity contribution in [2.24, 2.45) is 0 Å². The lowest BCUT2D eigenvalue weighted by Gasteiger charge is -2.15. The summed E-state index contributed by atoms with van der Waals surface area (Å²) in [4.78, 5) is 13.2. The summed E-state index contributed by atoms with van der Waals surface area (Å²) in [5, 5.41) is 1.92. The van der Waals surface area contributed by atoms with Gasteiger partial charge in [-0.1, -0.05) is 84.4 Å². The van der Waals surface area contributed by atoms with Gasteiger partial charge in [-0.25, -0.2) is 0 Å². The lowest BCUT2D eigenvalue weighted by atomic mass is 10.1. The van der Waals surface area contributed by atoms with Crippen LogP contribution < -0.4 is 5.56 Å². The Bertz CT molecular complexity index is 1090. The normalized spacial score (nSPS) is 10.9. The van der Waals surface area contributed by atoms with E-state index in [0.717, 1.165) is 22.2 Å². The number of hydrogen-bond donors (Lipinski definition) is 0. The fourth-order valence-corrected chi connectivity index (χ4v) is 3.39. The molecule has 0 spiro atoms. The van der Waals surface area contributed by atoms with Crippen molar-refractivity contribution in [2.45, 2.75) is 6.54 Å². The van der Waals surface area contributed by atoms with Crippen LogP contribution in [0.1, 0.15) is 5.56 Å². The van der Waals surface area contributed by atoms with Crippen molar-refractivity contribution in [3.05, 3.63) is 106 Å². The molecule has 0 N–H and O–H groups in total. The SMILES string of the molecule is O=c1c2c(Cl)cccc2cc(-c2ccccc2)n1Cc1ccccc1. The number of pyridine rings is 1. The molecule has 4 aromatic rings. The smallest absolute Gasteiger partial charge is 0.260 e. The van der Waals surface area contributed by atoms with E-state index in [9.17, 15) is 4.79 Å². The molecule has 0 aliphatic heterocycles. The van der Waals surface area contributed by atoms with Crippen LogP contribution in [0.3, 0.4) is 0 Å². The maximum atomic E-state index is 13.2. The van der Waals surface area contributed by atoms with Gasteiger partial charge in [-0.2, -0.15) is 0 Å². The first-order valence-electron chi connectivity index (χ1n) is 8.15. The van der Waals surface area contributed by atoms with Crippen LogP contribution in [0.5, 0.6) is 0 Å². The average Bonchev–Trinajstić information content (AvgIpc) is 2.65. The van der Waals surface area contributed by atoms with Crippen LogP contribution in [-0.2, 0) is 6.54 Å². The van der Waals surface area contributed by atoms with Gasteiger partial charge in [0.25, 0.3) is 5.56 Å². The maximum absolute atomic E-state index is 13.2. The fourth-order valence-electron chi connectivity index (χ4n) is 3.13. The van der Waals surface area contributed by atoms with Gasteiger partial charge in [0.15, 0.2) is 0 Å². The minimum absolute atomic E-state index is 0.0641. The molecule has 3 aromatic carbocycles. The Morgan fingerprint density at radius 3 is 2.20 bits per heavy atom. The van der Waals surface area contributed by atoms with Crippen LogP contribution in [0.4, 0.5) is 0 Å². The summed E-state index contributed by atoms with van der Waals surface area (Å²) < 4.78 is 1.80. The lowest BCUT2D eigenvalue weighted by molar-refractivity contribution is 0.777. The molecule has 25 heavy (non-hydrogen) atoms. The molecule has 1 heterocycles. The van der Waals surface area contributed by atoms with E-state index in [4.69, 9.17) is 11.6 Å². The van der Waals surface area contributed by atoms with Gasteiger partial charge in [0.05, 0.1) is 22.6 Å². The highest BCUT2D eigenvalue weighted by Gasteiger charge is 2.13. The second-order valence-electron chi connectivity index (χ2n) is 5.98. The molecule has 2 nitrogen and oxygen atoms in total. The highest BCUT2D eigenvalue weighted by molar-refractivity contribution is 6.35. The van der Waals surface area contributed by atoms with Gasteiger partial charge < -0.3 is 4.57 Å². The van der Waals surface area contributed by atoms with Gasteiger partial charge in [-0.05, 0) is 28.6 Å². The van der Waals surface area contributed by atoms with E-state index in [-0.39, 0.29) is 5.56 Å². The summed E-state index contributed by atoms with van der Waals surface area (Å²) in [6.07, 6.45) is 0. The standard InChI is InChI=1S/C22H16ClNO/c23-19-13-7-12-18-14-20(17-10-5-2-6-11-17)24(22(25)21(18)19)15-16-8-3-1-4-9-16/h1-14H,15H2. The summed E-state index contributed by atoms with van der Waals surface area (Å²) in [7, 11) is 0. The summed E-state index contributed by atoms with van der Waals surface area (Å²) in [6, 6.07) is 27.6. The van der Waals surface area contributed by atoms with E-state index >= 15 is 0 Å². The number of aromatic nitrogens is 1. The van der Waals surface area contributed by atoms with Gasteiger partial charge in [0, 0.05) is 0 Å². The monoisotopic (exact) mass is 345 g/mol.